The summed E-state index contributed by atoms with van der Waals surface area (Å²) in [6.45, 7) is 5.32. The lowest BCUT2D eigenvalue weighted by molar-refractivity contribution is -0.123. The van der Waals surface area contributed by atoms with Gasteiger partial charge in [0.05, 0.1) is 7.11 Å². The van der Waals surface area contributed by atoms with Crippen molar-refractivity contribution >= 4 is 27.3 Å². The van der Waals surface area contributed by atoms with Crippen LogP contribution < -0.4 is 20.1 Å². The second-order valence-corrected chi connectivity index (χ2v) is 7.63. The van der Waals surface area contributed by atoms with E-state index in [9.17, 15) is 4.79 Å². The van der Waals surface area contributed by atoms with Gasteiger partial charge in [-0.05, 0) is 49.1 Å². The van der Waals surface area contributed by atoms with Crippen molar-refractivity contribution in [2.24, 2.45) is 0 Å². The van der Waals surface area contributed by atoms with Gasteiger partial charge in [0.15, 0.2) is 18.1 Å². The van der Waals surface area contributed by atoms with Gasteiger partial charge in [0.1, 0.15) is 0 Å². The van der Waals surface area contributed by atoms with Gasteiger partial charge in [-0.2, -0.15) is 0 Å². The van der Waals surface area contributed by atoms with Gasteiger partial charge in [0, 0.05) is 28.7 Å². The van der Waals surface area contributed by atoms with Crippen molar-refractivity contribution in [1.29, 1.82) is 0 Å². The van der Waals surface area contributed by atoms with Crippen LogP contribution in [0.2, 0.25) is 0 Å². The minimum Gasteiger partial charge on any atom is -0.493 e. The lowest BCUT2D eigenvalue weighted by Gasteiger charge is -2.15. The average molecular weight is 399 g/mol. The number of ether oxygens (including phenoxy) is 2. The van der Waals surface area contributed by atoms with E-state index in [0.29, 0.717) is 24.6 Å². The number of carbonyl (C=O) groups excluding carboxylic acids is 1. The molecular weight excluding hydrogens is 372 g/mol. The van der Waals surface area contributed by atoms with Gasteiger partial charge in [0.2, 0.25) is 0 Å². The number of rotatable bonds is 9. The molecule has 3 aromatic rings. The largest absolute Gasteiger partial charge is 0.493 e. The first-order chi connectivity index (χ1) is 13.6. The topological polar surface area (TPSA) is 59.6 Å². The first-order valence-electron chi connectivity index (χ1n) is 9.39. The molecule has 6 heteroatoms. The van der Waals surface area contributed by atoms with E-state index in [0.717, 1.165) is 5.56 Å². The van der Waals surface area contributed by atoms with E-state index in [-0.39, 0.29) is 18.6 Å². The Labute approximate surface area is 169 Å². The summed E-state index contributed by atoms with van der Waals surface area (Å²) in [5.74, 6) is 1.04. The monoisotopic (exact) mass is 398 g/mol. The lowest BCUT2D eigenvalue weighted by atomic mass is 10.1. The molecule has 148 valence electrons. The molecule has 0 bridgehead atoms. The van der Waals surface area contributed by atoms with E-state index in [4.69, 9.17) is 9.47 Å². The molecule has 1 unspecified atom stereocenters. The van der Waals surface area contributed by atoms with Crippen LogP contribution in [0.15, 0.2) is 48.5 Å². The summed E-state index contributed by atoms with van der Waals surface area (Å²) in [5, 5.41) is 7.56. The van der Waals surface area contributed by atoms with Gasteiger partial charge in [-0.1, -0.05) is 24.3 Å². The Hall–Kier alpha value is -2.57. The number of carbonyl (C=O) groups is 1. The Morgan fingerprint density at radius 1 is 1.14 bits per heavy atom. The van der Waals surface area contributed by atoms with E-state index in [1.165, 1.54) is 15.0 Å². The molecular formula is C22H26N2O3S. The minimum atomic E-state index is -0.146. The van der Waals surface area contributed by atoms with E-state index in [1.807, 2.05) is 36.5 Å². The van der Waals surface area contributed by atoms with Crippen LogP contribution in [0.1, 0.15) is 30.3 Å². The zero-order valence-corrected chi connectivity index (χ0v) is 17.3. The van der Waals surface area contributed by atoms with Crippen molar-refractivity contribution in [1.82, 2.24) is 10.6 Å². The van der Waals surface area contributed by atoms with Gasteiger partial charge < -0.3 is 20.1 Å². The summed E-state index contributed by atoms with van der Waals surface area (Å²) in [4.78, 5) is 12.9. The molecule has 0 saturated heterocycles. The lowest BCUT2D eigenvalue weighted by Crippen LogP contribution is -2.28. The Morgan fingerprint density at radius 3 is 2.71 bits per heavy atom. The first kappa shape index (κ1) is 20.2. The Bertz CT molecular complexity index is 905. The maximum atomic E-state index is 11.6. The summed E-state index contributed by atoms with van der Waals surface area (Å²) < 4.78 is 12.3. The van der Waals surface area contributed by atoms with Crippen molar-refractivity contribution in [3.8, 4) is 11.5 Å². The third-order valence-electron chi connectivity index (χ3n) is 4.44. The van der Waals surface area contributed by atoms with E-state index < -0.39 is 0 Å². The van der Waals surface area contributed by atoms with Gasteiger partial charge >= 0.3 is 0 Å². The smallest absolute Gasteiger partial charge is 0.257 e. The molecule has 28 heavy (non-hydrogen) atoms. The number of amides is 1. The number of thiophene rings is 1. The highest BCUT2D eigenvalue weighted by atomic mass is 32.1. The number of fused-ring (bicyclic) bond motifs is 1. The SMILES string of the molecule is CCNC(=O)COc1ccc(CNC(C)c2cc3ccccc3s2)cc1OC. The Morgan fingerprint density at radius 2 is 1.96 bits per heavy atom. The molecule has 0 saturated carbocycles. The predicted molar refractivity (Wildman–Crippen MR) is 114 cm³/mol. The third-order valence-corrected chi connectivity index (χ3v) is 5.74. The normalized spacial score (nSPS) is 12.0. The maximum Gasteiger partial charge on any atom is 0.257 e. The fourth-order valence-electron chi connectivity index (χ4n) is 2.92. The molecule has 5 nitrogen and oxygen atoms in total. The van der Waals surface area contributed by atoms with Gasteiger partial charge in [-0.15, -0.1) is 11.3 Å². The van der Waals surface area contributed by atoms with Gasteiger partial charge in [-0.3, -0.25) is 4.79 Å². The summed E-state index contributed by atoms with van der Waals surface area (Å²) in [5.41, 5.74) is 1.09. The Kier molecular flexibility index (Phi) is 6.90. The standard InChI is InChI=1S/C22H26N2O3S/c1-4-23-22(25)14-27-18-10-9-16(11-19(18)26-3)13-24-15(2)21-12-17-7-5-6-8-20(17)28-21/h5-12,15,24H,4,13-14H2,1-3H3,(H,23,25). The van der Waals surface area contributed by atoms with Gasteiger partial charge in [-0.25, -0.2) is 0 Å². The second kappa shape index (κ2) is 9.57. The molecule has 1 heterocycles. The molecule has 0 radical (unpaired) electrons. The van der Waals surface area contributed by atoms with Crippen molar-refractivity contribution in [2.45, 2.75) is 26.4 Å². The second-order valence-electron chi connectivity index (χ2n) is 6.52. The summed E-state index contributed by atoms with van der Waals surface area (Å²) in [7, 11) is 1.60. The molecule has 1 atom stereocenters. The average Bonchev–Trinajstić information content (AvgIpc) is 3.15. The molecule has 3 rings (SSSR count). The first-order valence-corrected chi connectivity index (χ1v) is 10.2. The third kappa shape index (κ3) is 5.03. The predicted octanol–water partition coefficient (Wildman–Crippen LogP) is 4.28. The van der Waals surface area contributed by atoms with Crippen molar-refractivity contribution < 1.29 is 14.3 Å². The molecule has 0 fully saturated rings. The number of hydrogen-bond acceptors (Lipinski definition) is 5. The van der Waals surface area contributed by atoms with Crippen LogP contribution in [0, 0.1) is 0 Å². The fraction of sp³-hybridized carbons (Fsp3) is 0.318. The molecule has 0 spiro atoms. The van der Waals surface area contributed by atoms with Crippen LogP contribution in [-0.4, -0.2) is 26.2 Å². The highest BCUT2D eigenvalue weighted by Gasteiger charge is 2.11. The van der Waals surface area contributed by atoms with E-state index in [2.05, 4.69) is 47.9 Å². The fourth-order valence-corrected chi connectivity index (χ4v) is 4.01. The quantitative estimate of drug-likeness (QED) is 0.565. The molecule has 0 aliphatic carbocycles. The zero-order valence-electron chi connectivity index (χ0n) is 16.5. The molecule has 1 amide bonds. The molecule has 1 aromatic heterocycles. The van der Waals surface area contributed by atoms with Gasteiger partial charge in [0.25, 0.3) is 5.91 Å². The Balaban J connectivity index is 1.61. The van der Waals surface area contributed by atoms with Crippen LogP contribution >= 0.6 is 11.3 Å². The molecule has 0 aliphatic heterocycles. The minimum absolute atomic E-state index is 0.0230. The molecule has 0 aliphatic rings. The van der Waals surface area contributed by atoms with Crippen molar-refractivity contribution in [3.05, 3.63) is 59.0 Å². The number of hydrogen-bond donors (Lipinski definition) is 2. The van der Waals surface area contributed by atoms with Crippen LogP contribution in [0.3, 0.4) is 0 Å². The van der Waals surface area contributed by atoms with Crippen molar-refractivity contribution in [2.75, 3.05) is 20.3 Å². The van der Waals surface area contributed by atoms with Crippen molar-refractivity contribution in [3.63, 3.8) is 0 Å². The van der Waals surface area contributed by atoms with Crippen LogP contribution in [0.4, 0.5) is 0 Å². The van der Waals surface area contributed by atoms with E-state index in [1.54, 1.807) is 7.11 Å². The number of nitrogens with one attached hydrogen (secondary N) is 2. The summed E-state index contributed by atoms with van der Waals surface area (Å²) in [6, 6.07) is 16.7. The van der Waals surface area contributed by atoms with Crippen LogP contribution in [0.5, 0.6) is 11.5 Å². The van der Waals surface area contributed by atoms with Crippen LogP contribution in [-0.2, 0) is 11.3 Å². The molecule has 2 N–H and O–H groups in total. The summed E-state index contributed by atoms with van der Waals surface area (Å²) in [6.07, 6.45) is 0. The van der Waals surface area contributed by atoms with E-state index >= 15 is 0 Å². The number of likely N-dealkylation sites (N-methyl/N-ethyl adjacent to an activating group) is 1. The number of methoxy groups -OCH3 is 1. The van der Waals surface area contributed by atoms with Crippen LogP contribution in [0.25, 0.3) is 10.1 Å². The molecule has 2 aromatic carbocycles. The summed E-state index contributed by atoms with van der Waals surface area (Å²) >= 11 is 1.82. The maximum absolute atomic E-state index is 11.6. The number of benzene rings is 2. The highest BCUT2D eigenvalue weighted by molar-refractivity contribution is 7.19. The zero-order chi connectivity index (χ0) is 19.9. The highest BCUT2D eigenvalue weighted by Crippen LogP contribution is 2.31.